The van der Waals surface area contributed by atoms with Crippen LogP contribution < -0.4 is 0 Å². The first kappa shape index (κ1) is 12.9. The molecule has 6 nitrogen and oxygen atoms in total. The molecule has 2 aromatic heterocycles. The van der Waals surface area contributed by atoms with E-state index in [9.17, 15) is 4.79 Å². The molecular formula is C14H17N3O3. The van der Waals surface area contributed by atoms with E-state index in [0.29, 0.717) is 30.6 Å². The van der Waals surface area contributed by atoms with E-state index in [1.165, 1.54) is 0 Å². The van der Waals surface area contributed by atoms with Crippen LogP contribution >= 0.6 is 0 Å². The molecule has 0 saturated carbocycles. The lowest BCUT2D eigenvalue weighted by Gasteiger charge is -2.14. The minimum atomic E-state index is -0.0608. The summed E-state index contributed by atoms with van der Waals surface area (Å²) in [7, 11) is 0. The molecule has 0 radical (unpaired) electrons. The van der Waals surface area contributed by atoms with E-state index < -0.39 is 0 Å². The Bertz CT molecular complexity index is 644. The number of carbonyl (C=O) groups excluding carboxylic acids is 1. The summed E-state index contributed by atoms with van der Waals surface area (Å²) in [6, 6.07) is 1.88. The minimum Gasteiger partial charge on any atom is -0.456 e. The van der Waals surface area contributed by atoms with E-state index in [2.05, 4.69) is 10.1 Å². The number of aryl methyl sites for hydroxylation is 3. The van der Waals surface area contributed by atoms with E-state index in [-0.39, 0.29) is 11.8 Å². The predicted octanol–water partition coefficient (Wildman–Crippen LogP) is 2.22. The molecule has 1 amide bonds. The normalized spacial score (nSPS) is 18.8. The highest BCUT2D eigenvalue weighted by molar-refractivity contribution is 5.93. The lowest BCUT2D eigenvalue weighted by Crippen LogP contribution is -2.28. The number of likely N-dealkylation sites (tertiary alicyclic amines) is 1. The summed E-state index contributed by atoms with van der Waals surface area (Å²) in [6.45, 7) is 6.81. The highest BCUT2D eigenvalue weighted by atomic mass is 16.5. The number of hydrogen-bond donors (Lipinski definition) is 0. The molecule has 1 aliphatic heterocycles. The summed E-state index contributed by atoms with van der Waals surface area (Å²) in [4.78, 5) is 18.5. The number of amides is 1. The van der Waals surface area contributed by atoms with E-state index in [0.717, 1.165) is 17.7 Å². The number of furan rings is 1. The second kappa shape index (κ2) is 4.77. The molecule has 20 heavy (non-hydrogen) atoms. The van der Waals surface area contributed by atoms with Gasteiger partial charge in [0.05, 0.1) is 5.92 Å². The Morgan fingerprint density at radius 2 is 2.20 bits per heavy atom. The third-order valence-corrected chi connectivity index (χ3v) is 3.60. The summed E-state index contributed by atoms with van der Waals surface area (Å²) in [5.74, 6) is 2.50. The second-order valence-corrected chi connectivity index (χ2v) is 5.29. The van der Waals surface area contributed by atoms with Crippen LogP contribution in [0.4, 0.5) is 0 Å². The number of hydrogen-bond acceptors (Lipinski definition) is 5. The summed E-state index contributed by atoms with van der Waals surface area (Å²) in [6.07, 6.45) is 0.839. The van der Waals surface area contributed by atoms with Crippen molar-refractivity contribution in [3.63, 3.8) is 0 Å². The maximum absolute atomic E-state index is 12.4. The number of rotatable bonds is 2. The van der Waals surface area contributed by atoms with E-state index in [4.69, 9.17) is 8.94 Å². The molecule has 1 fully saturated rings. The van der Waals surface area contributed by atoms with Crippen molar-refractivity contribution in [2.75, 3.05) is 13.1 Å². The largest absolute Gasteiger partial charge is 0.456 e. The average Bonchev–Trinajstić information content (AvgIpc) is 3.08. The minimum absolute atomic E-state index is 0.0608. The molecule has 0 N–H and O–H groups in total. The van der Waals surface area contributed by atoms with Crippen LogP contribution in [0.1, 0.15) is 45.9 Å². The SMILES string of the molecule is Cc1noc(C2CCN(C(=O)c3oc(C)cc3C)C2)n1. The van der Waals surface area contributed by atoms with E-state index in [1.807, 2.05) is 19.9 Å². The van der Waals surface area contributed by atoms with Crippen molar-refractivity contribution >= 4 is 5.91 Å². The molecule has 1 saturated heterocycles. The monoisotopic (exact) mass is 275 g/mol. The fourth-order valence-corrected chi connectivity index (χ4v) is 2.62. The first-order valence-corrected chi connectivity index (χ1v) is 6.71. The van der Waals surface area contributed by atoms with Gasteiger partial charge in [0, 0.05) is 18.7 Å². The smallest absolute Gasteiger partial charge is 0.289 e. The molecule has 2 aromatic rings. The van der Waals surface area contributed by atoms with Crippen LogP contribution in [0.25, 0.3) is 0 Å². The average molecular weight is 275 g/mol. The molecule has 106 valence electrons. The van der Waals surface area contributed by atoms with Crippen LogP contribution in [0, 0.1) is 20.8 Å². The zero-order valence-corrected chi connectivity index (χ0v) is 11.8. The topological polar surface area (TPSA) is 72.4 Å². The van der Waals surface area contributed by atoms with Gasteiger partial charge in [0.15, 0.2) is 11.6 Å². The van der Waals surface area contributed by atoms with Crippen LogP contribution in [0.15, 0.2) is 15.0 Å². The predicted molar refractivity (Wildman–Crippen MR) is 70.5 cm³/mol. The number of nitrogens with zero attached hydrogens (tertiary/aromatic N) is 3. The maximum atomic E-state index is 12.4. The molecule has 0 spiro atoms. The third-order valence-electron chi connectivity index (χ3n) is 3.60. The molecule has 0 aromatic carbocycles. The van der Waals surface area contributed by atoms with Crippen molar-refractivity contribution < 1.29 is 13.7 Å². The van der Waals surface area contributed by atoms with Gasteiger partial charge in [0.25, 0.3) is 5.91 Å². The molecule has 0 bridgehead atoms. The van der Waals surface area contributed by atoms with Crippen LogP contribution in [0.2, 0.25) is 0 Å². The Balaban J connectivity index is 1.74. The molecule has 1 unspecified atom stereocenters. The first-order chi connectivity index (χ1) is 9.54. The second-order valence-electron chi connectivity index (χ2n) is 5.29. The van der Waals surface area contributed by atoms with Crippen LogP contribution in [0.3, 0.4) is 0 Å². The van der Waals surface area contributed by atoms with Gasteiger partial charge < -0.3 is 13.8 Å². The van der Waals surface area contributed by atoms with Crippen molar-refractivity contribution in [3.8, 4) is 0 Å². The summed E-state index contributed by atoms with van der Waals surface area (Å²) >= 11 is 0. The molecule has 0 aliphatic carbocycles. The zero-order valence-electron chi connectivity index (χ0n) is 11.8. The van der Waals surface area contributed by atoms with Gasteiger partial charge in [0.2, 0.25) is 5.89 Å². The highest BCUT2D eigenvalue weighted by Crippen LogP contribution is 2.28. The Kier molecular flexibility index (Phi) is 3.08. The van der Waals surface area contributed by atoms with E-state index >= 15 is 0 Å². The van der Waals surface area contributed by atoms with Crippen LogP contribution in [-0.2, 0) is 0 Å². The summed E-state index contributed by atoms with van der Waals surface area (Å²) in [5.41, 5.74) is 0.879. The number of carbonyl (C=O) groups is 1. The van der Waals surface area contributed by atoms with Crippen LogP contribution in [0.5, 0.6) is 0 Å². The summed E-state index contributed by atoms with van der Waals surface area (Å²) in [5, 5.41) is 3.80. The van der Waals surface area contributed by atoms with Gasteiger partial charge in [-0.25, -0.2) is 0 Å². The van der Waals surface area contributed by atoms with E-state index in [1.54, 1.807) is 11.8 Å². The molecule has 1 atom stereocenters. The maximum Gasteiger partial charge on any atom is 0.289 e. The van der Waals surface area contributed by atoms with Crippen molar-refractivity contribution in [2.45, 2.75) is 33.1 Å². The van der Waals surface area contributed by atoms with Gasteiger partial charge in [0.1, 0.15) is 5.76 Å². The van der Waals surface area contributed by atoms with Crippen molar-refractivity contribution in [1.82, 2.24) is 15.0 Å². The zero-order chi connectivity index (χ0) is 14.3. The lowest BCUT2D eigenvalue weighted by atomic mass is 10.1. The fraction of sp³-hybridized carbons (Fsp3) is 0.500. The number of aromatic nitrogens is 2. The van der Waals surface area contributed by atoms with Gasteiger partial charge in [-0.3, -0.25) is 4.79 Å². The van der Waals surface area contributed by atoms with Gasteiger partial charge in [-0.1, -0.05) is 5.16 Å². The Hall–Kier alpha value is -2.11. The molecular weight excluding hydrogens is 258 g/mol. The van der Waals surface area contributed by atoms with Crippen molar-refractivity contribution in [1.29, 1.82) is 0 Å². The molecule has 1 aliphatic rings. The first-order valence-electron chi connectivity index (χ1n) is 6.71. The standard InChI is InChI=1S/C14H17N3O3/c1-8-6-9(2)19-12(8)14(18)17-5-4-11(7-17)13-15-10(3)16-20-13/h6,11H,4-5,7H2,1-3H3. The quantitative estimate of drug-likeness (QED) is 0.840. The van der Waals surface area contributed by atoms with Crippen molar-refractivity contribution in [3.05, 3.63) is 34.9 Å². The Labute approximate surface area is 116 Å². The van der Waals surface area contributed by atoms with Gasteiger partial charge in [-0.05, 0) is 33.3 Å². The summed E-state index contributed by atoms with van der Waals surface area (Å²) < 4.78 is 10.7. The van der Waals surface area contributed by atoms with Crippen molar-refractivity contribution in [2.24, 2.45) is 0 Å². The molecule has 3 rings (SSSR count). The molecule has 3 heterocycles. The van der Waals surface area contributed by atoms with Crippen LogP contribution in [-0.4, -0.2) is 34.0 Å². The lowest BCUT2D eigenvalue weighted by molar-refractivity contribution is 0.0755. The third kappa shape index (κ3) is 2.21. The van der Waals surface area contributed by atoms with Gasteiger partial charge >= 0.3 is 0 Å². The Morgan fingerprint density at radius 1 is 1.40 bits per heavy atom. The van der Waals surface area contributed by atoms with Gasteiger partial charge in [-0.2, -0.15) is 4.98 Å². The Morgan fingerprint density at radius 3 is 2.80 bits per heavy atom. The highest BCUT2D eigenvalue weighted by Gasteiger charge is 2.33. The fourth-order valence-electron chi connectivity index (χ4n) is 2.62. The molecule has 6 heteroatoms. The van der Waals surface area contributed by atoms with Gasteiger partial charge in [-0.15, -0.1) is 0 Å².